The average Bonchev–Trinajstić information content (AvgIpc) is 3.04. The van der Waals surface area contributed by atoms with Crippen LogP contribution < -0.4 is 4.74 Å². The molecular formula is C18H13ClO4S. The lowest BCUT2D eigenvalue weighted by molar-refractivity contribution is -0.144. The van der Waals surface area contributed by atoms with Crippen molar-refractivity contribution in [2.24, 2.45) is 0 Å². The summed E-state index contributed by atoms with van der Waals surface area (Å²) in [6.45, 7) is -0.576. The van der Waals surface area contributed by atoms with Gasteiger partial charge >= 0.3 is 5.97 Å². The first-order valence-corrected chi connectivity index (χ1v) is 8.37. The quantitative estimate of drug-likeness (QED) is 0.484. The molecule has 1 aromatic heterocycles. The number of rotatable bonds is 6. The fraction of sp³-hybridized carbons (Fsp3) is 0.111. The number of thiophene rings is 1. The van der Waals surface area contributed by atoms with Gasteiger partial charge in [-0.05, 0) is 35.0 Å². The third-order valence-corrected chi connectivity index (χ3v) is 4.56. The van der Waals surface area contributed by atoms with Gasteiger partial charge in [-0.15, -0.1) is 11.3 Å². The summed E-state index contributed by atoms with van der Waals surface area (Å²) >= 11 is 6.92. The first-order valence-electron chi connectivity index (χ1n) is 7.17. The number of hydrogen-bond donors (Lipinski definition) is 0. The largest absolute Gasteiger partial charge is 0.482 e. The van der Waals surface area contributed by atoms with Crippen LogP contribution in [0.1, 0.15) is 9.67 Å². The number of Topliss-reactive ketones (excluding diaryl/α,β-unsaturated/α-hetero) is 1. The zero-order valence-corrected chi connectivity index (χ0v) is 14.1. The SMILES string of the molecule is O=C(COc1ccc2ccccc2c1)OCC(=O)c1ccc(Cl)s1. The number of ether oxygens (including phenoxy) is 2. The van der Waals surface area contributed by atoms with E-state index in [0.29, 0.717) is 15.0 Å². The number of carbonyl (C=O) groups is 2. The third kappa shape index (κ3) is 4.13. The molecule has 3 aromatic rings. The minimum Gasteiger partial charge on any atom is -0.482 e. The number of benzene rings is 2. The highest BCUT2D eigenvalue weighted by atomic mass is 35.5. The van der Waals surface area contributed by atoms with Gasteiger partial charge in [-0.25, -0.2) is 4.79 Å². The summed E-state index contributed by atoms with van der Waals surface area (Å²) in [4.78, 5) is 24.0. The van der Waals surface area contributed by atoms with Gasteiger partial charge in [0.25, 0.3) is 0 Å². The van der Waals surface area contributed by atoms with E-state index in [1.54, 1.807) is 18.2 Å². The minimum absolute atomic E-state index is 0.253. The summed E-state index contributed by atoms with van der Waals surface area (Å²) in [7, 11) is 0. The fourth-order valence-corrected chi connectivity index (χ4v) is 3.09. The zero-order chi connectivity index (χ0) is 16.9. The standard InChI is InChI=1S/C18H13ClO4S/c19-17-8-7-16(24-17)15(20)10-23-18(21)11-22-14-6-5-12-3-1-2-4-13(12)9-14/h1-9H,10-11H2. The van der Waals surface area contributed by atoms with Gasteiger partial charge in [-0.2, -0.15) is 0 Å². The van der Waals surface area contributed by atoms with Crippen molar-refractivity contribution in [3.8, 4) is 5.75 Å². The number of ketones is 1. The van der Waals surface area contributed by atoms with Crippen LogP contribution in [0.5, 0.6) is 5.75 Å². The zero-order valence-electron chi connectivity index (χ0n) is 12.5. The van der Waals surface area contributed by atoms with Gasteiger partial charge in [0.05, 0.1) is 9.21 Å². The molecule has 6 heteroatoms. The summed E-state index contributed by atoms with van der Waals surface area (Å²) in [6.07, 6.45) is 0. The Morgan fingerprint density at radius 3 is 2.50 bits per heavy atom. The molecule has 0 amide bonds. The van der Waals surface area contributed by atoms with Crippen molar-refractivity contribution in [1.82, 2.24) is 0 Å². The average molecular weight is 361 g/mol. The van der Waals surface area contributed by atoms with Gasteiger partial charge in [0.2, 0.25) is 5.78 Å². The van der Waals surface area contributed by atoms with Crippen molar-refractivity contribution < 1.29 is 19.1 Å². The van der Waals surface area contributed by atoms with E-state index < -0.39 is 5.97 Å². The second-order valence-electron chi connectivity index (χ2n) is 4.99. The van der Waals surface area contributed by atoms with Crippen LogP contribution in [0.25, 0.3) is 10.8 Å². The number of esters is 1. The lowest BCUT2D eigenvalue weighted by atomic mass is 10.1. The molecule has 0 aliphatic rings. The highest BCUT2D eigenvalue weighted by Gasteiger charge is 2.12. The van der Waals surface area contributed by atoms with Crippen LogP contribution in [0.2, 0.25) is 4.34 Å². The maximum atomic E-state index is 11.8. The van der Waals surface area contributed by atoms with Crippen molar-refractivity contribution in [3.63, 3.8) is 0 Å². The molecule has 0 saturated heterocycles. The number of fused-ring (bicyclic) bond motifs is 1. The van der Waals surface area contributed by atoms with Crippen molar-refractivity contribution >= 4 is 45.5 Å². The molecule has 122 valence electrons. The molecule has 0 unspecified atom stereocenters. The van der Waals surface area contributed by atoms with Gasteiger partial charge < -0.3 is 9.47 Å². The van der Waals surface area contributed by atoms with E-state index in [9.17, 15) is 9.59 Å². The summed E-state index contributed by atoms with van der Waals surface area (Å²) in [5, 5.41) is 2.11. The summed E-state index contributed by atoms with van der Waals surface area (Å²) < 4.78 is 10.9. The van der Waals surface area contributed by atoms with Crippen LogP contribution in [0.3, 0.4) is 0 Å². The Bertz CT molecular complexity index is 887. The van der Waals surface area contributed by atoms with Crippen molar-refractivity contribution in [2.75, 3.05) is 13.2 Å². The Morgan fingerprint density at radius 1 is 0.958 bits per heavy atom. The second kappa shape index (κ2) is 7.47. The minimum atomic E-state index is -0.598. The van der Waals surface area contributed by atoms with Crippen molar-refractivity contribution in [3.05, 3.63) is 63.8 Å². The first-order chi connectivity index (χ1) is 11.6. The Kier molecular flexibility index (Phi) is 5.13. The molecule has 0 fully saturated rings. The number of halogens is 1. The highest BCUT2D eigenvalue weighted by Crippen LogP contribution is 2.22. The summed E-state index contributed by atoms with van der Waals surface area (Å²) in [6, 6.07) is 16.6. The lowest BCUT2D eigenvalue weighted by Crippen LogP contribution is -2.19. The Balaban J connectivity index is 1.50. The third-order valence-electron chi connectivity index (χ3n) is 3.29. The van der Waals surface area contributed by atoms with Gasteiger partial charge in [-0.1, -0.05) is 41.9 Å². The Hall–Kier alpha value is -2.37. The predicted octanol–water partition coefficient (Wildman–Crippen LogP) is 4.36. The molecule has 4 nitrogen and oxygen atoms in total. The van der Waals surface area contributed by atoms with E-state index in [4.69, 9.17) is 21.1 Å². The summed E-state index contributed by atoms with van der Waals surface area (Å²) in [5.41, 5.74) is 0. The van der Waals surface area contributed by atoms with Crippen LogP contribution in [-0.4, -0.2) is 25.0 Å². The smallest absolute Gasteiger partial charge is 0.344 e. The van der Waals surface area contributed by atoms with E-state index in [2.05, 4.69) is 0 Å². The van der Waals surface area contributed by atoms with E-state index in [1.165, 1.54) is 0 Å². The monoisotopic (exact) mass is 360 g/mol. The fourth-order valence-electron chi connectivity index (χ4n) is 2.12. The molecule has 0 spiro atoms. The molecule has 3 rings (SSSR count). The van der Waals surface area contributed by atoms with Crippen LogP contribution >= 0.6 is 22.9 Å². The molecule has 0 bridgehead atoms. The number of hydrogen-bond acceptors (Lipinski definition) is 5. The lowest BCUT2D eigenvalue weighted by Gasteiger charge is -2.07. The molecule has 2 aromatic carbocycles. The summed E-state index contributed by atoms with van der Waals surface area (Å²) in [5.74, 6) is -0.313. The van der Waals surface area contributed by atoms with Crippen LogP contribution in [-0.2, 0) is 9.53 Å². The van der Waals surface area contributed by atoms with E-state index in [0.717, 1.165) is 22.1 Å². The van der Waals surface area contributed by atoms with Gasteiger partial charge in [-0.3, -0.25) is 4.79 Å². The highest BCUT2D eigenvalue weighted by molar-refractivity contribution is 7.18. The molecule has 0 aliphatic carbocycles. The van der Waals surface area contributed by atoms with Gasteiger partial charge in [0, 0.05) is 0 Å². The number of carbonyl (C=O) groups excluding carboxylic acids is 2. The molecule has 0 saturated carbocycles. The molecular weight excluding hydrogens is 348 g/mol. The Labute approximate surface area is 147 Å². The van der Waals surface area contributed by atoms with Crippen LogP contribution in [0.15, 0.2) is 54.6 Å². The van der Waals surface area contributed by atoms with Crippen LogP contribution in [0, 0.1) is 0 Å². The molecule has 1 heterocycles. The van der Waals surface area contributed by atoms with Crippen molar-refractivity contribution in [1.29, 1.82) is 0 Å². The van der Waals surface area contributed by atoms with E-state index in [1.807, 2.05) is 36.4 Å². The van der Waals surface area contributed by atoms with Crippen molar-refractivity contribution in [2.45, 2.75) is 0 Å². The van der Waals surface area contributed by atoms with Gasteiger partial charge in [0.1, 0.15) is 5.75 Å². The predicted molar refractivity (Wildman–Crippen MR) is 94.1 cm³/mol. The maximum absolute atomic E-state index is 11.8. The van der Waals surface area contributed by atoms with Crippen LogP contribution in [0.4, 0.5) is 0 Å². The van der Waals surface area contributed by atoms with E-state index in [-0.39, 0.29) is 19.0 Å². The topological polar surface area (TPSA) is 52.6 Å². The second-order valence-corrected chi connectivity index (χ2v) is 6.70. The normalized spacial score (nSPS) is 10.5. The Morgan fingerprint density at radius 2 is 1.75 bits per heavy atom. The van der Waals surface area contributed by atoms with E-state index >= 15 is 0 Å². The molecule has 24 heavy (non-hydrogen) atoms. The molecule has 0 aliphatic heterocycles. The first kappa shape index (κ1) is 16.5. The van der Waals surface area contributed by atoms with Gasteiger partial charge in [0.15, 0.2) is 13.2 Å². The molecule has 0 radical (unpaired) electrons. The maximum Gasteiger partial charge on any atom is 0.344 e. The molecule has 0 atom stereocenters. The molecule has 0 N–H and O–H groups in total.